The van der Waals surface area contributed by atoms with Crippen LogP contribution in [0.1, 0.15) is 46.4 Å². The Morgan fingerprint density at radius 2 is 1.75 bits per heavy atom. The van der Waals surface area contributed by atoms with Crippen LogP contribution in [-0.4, -0.2) is 25.4 Å². The van der Waals surface area contributed by atoms with Crippen LogP contribution < -0.4 is 14.8 Å². The molecule has 2 N–H and O–H groups in total. The van der Waals surface area contributed by atoms with Crippen molar-refractivity contribution in [3.05, 3.63) is 33.2 Å². The van der Waals surface area contributed by atoms with E-state index in [-0.39, 0.29) is 10.8 Å². The number of nitrogens with zero attached hydrogens (tertiary/aromatic N) is 1. The minimum atomic E-state index is -4.09. The smallest absolute Gasteiger partial charge is 0.333 e. The number of anilines is 1. The Bertz CT molecular complexity index is 1040. The van der Waals surface area contributed by atoms with Crippen LogP contribution >= 0.6 is 11.5 Å². The number of hydrogen-bond acceptors (Lipinski definition) is 6. The van der Waals surface area contributed by atoms with E-state index in [2.05, 4.69) is 20.5 Å². The van der Waals surface area contributed by atoms with Crippen molar-refractivity contribution < 1.29 is 17.9 Å². The molecule has 0 saturated heterocycles. The number of urea groups is 1. The fraction of sp³-hybridized carbons (Fsp3) is 0.474. The van der Waals surface area contributed by atoms with E-state index in [0.717, 1.165) is 84.6 Å². The number of hydrogen-bond donors (Lipinski definition) is 2. The van der Waals surface area contributed by atoms with E-state index in [4.69, 9.17) is 4.74 Å². The predicted molar refractivity (Wildman–Crippen MR) is 106 cm³/mol. The summed E-state index contributed by atoms with van der Waals surface area (Å²) in [5.41, 5.74) is 5.68. The normalized spacial score (nSPS) is 17.4. The van der Waals surface area contributed by atoms with E-state index in [9.17, 15) is 13.2 Å². The molecule has 0 unspecified atom stereocenters. The summed E-state index contributed by atoms with van der Waals surface area (Å²) in [7, 11) is -4.09. The largest absolute Gasteiger partial charge is 0.489 e. The summed E-state index contributed by atoms with van der Waals surface area (Å²) in [5, 5.41) is 2.66. The van der Waals surface area contributed by atoms with Crippen molar-refractivity contribution >= 4 is 33.3 Å². The van der Waals surface area contributed by atoms with Crippen LogP contribution in [0.4, 0.5) is 10.5 Å². The van der Waals surface area contributed by atoms with Crippen LogP contribution in [0.3, 0.4) is 0 Å². The summed E-state index contributed by atoms with van der Waals surface area (Å²) < 4.78 is 37.1. The van der Waals surface area contributed by atoms with Gasteiger partial charge in [0.2, 0.25) is 5.03 Å². The number of sulfonamides is 1. The quantitative estimate of drug-likeness (QED) is 0.797. The first-order valence-corrected chi connectivity index (χ1v) is 11.9. The Hall–Kier alpha value is -2.13. The first-order chi connectivity index (χ1) is 13.5. The molecule has 3 aliphatic rings. The molecule has 5 rings (SSSR count). The highest BCUT2D eigenvalue weighted by atomic mass is 32.2. The molecule has 2 aliphatic carbocycles. The van der Waals surface area contributed by atoms with Gasteiger partial charge in [-0.05, 0) is 85.2 Å². The summed E-state index contributed by atoms with van der Waals surface area (Å²) >= 11 is 1.12. The lowest BCUT2D eigenvalue weighted by atomic mass is 9.99. The van der Waals surface area contributed by atoms with Crippen molar-refractivity contribution in [1.29, 1.82) is 0 Å². The molecule has 9 heteroatoms. The molecule has 0 radical (unpaired) electrons. The summed E-state index contributed by atoms with van der Waals surface area (Å²) in [6.07, 6.45) is 7.57. The van der Waals surface area contributed by atoms with Crippen LogP contribution in [0.25, 0.3) is 0 Å². The Balaban J connectivity index is 1.41. The maximum Gasteiger partial charge on any atom is 0.333 e. The molecule has 0 fully saturated rings. The minimum Gasteiger partial charge on any atom is -0.489 e. The van der Waals surface area contributed by atoms with Gasteiger partial charge >= 0.3 is 6.03 Å². The van der Waals surface area contributed by atoms with Crippen LogP contribution in [0.5, 0.6) is 5.75 Å². The Labute approximate surface area is 167 Å². The number of nitrogens with one attached hydrogen (secondary N) is 2. The van der Waals surface area contributed by atoms with Gasteiger partial charge in [-0.1, -0.05) is 6.07 Å². The first kappa shape index (κ1) is 17.9. The zero-order valence-electron chi connectivity index (χ0n) is 15.3. The van der Waals surface area contributed by atoms with E-state index >= 15 is 0 Å². The molecule has 1 aromatic heterocycles. The van der Waals surface area contributed by atoms with E-state index < -0.39 is 16.1 Å². The number of amides is 2. The molecule has 7 nitrogen and oxygen atoms in total. The van der Waals surface area contributed by atoms with E-state index in [1.807, 2.05) is 0 Å². The highest BCUT2D eigenvalue weighted by Crippen LogP contribution is 2.39. The second-order valence-electron chi connectivity index (χ2n) is 7.49. The molecule has 2 aromatic rings. The van der Waals surface area contributed by atoms with Gasteiger partial charge in [0.1, 0.15) is 0 Å². The lowest BCUT2D eigenvalue weighted by Gasteiger charge is -2.17. The minimum absolute atomic E-state index is 0.189. The van der Waals surface area contributed by atoms with Crippen molar-refractivity contribution in [1.82, 2.24) is 9.10 Å². The number of aryl methyl sites for hydroxylation is 3. The van der Waals surface area contributed by atoms with Crippen LogP contribution in [0, 0.1) is 0 Å². The van der Waals surface area contributed by atoms with Crippen molar-refractivity contribution in [3.63, 3.8) is 0 Å². The van der Waals surface area contributed by atoms with E-state index in [0.29, 0.717) is 6.61 Å². The standard InChI is InChI=1S/C19H21N3O4S2/c23-19(22-28(24,25)18-17-15(27-21-18)8-3-9-26-17)20-16-13-6-1-4-11(13)10-12-5-2-7-14(12)16/h10H,1-9H2,(H2,20,22,23). The molecule has 0 spiro atoms. The van der Waals surface area contributed by atoms with E-state index in [1.54, 1.807) is 0 Å². The second-order valence-corrected chi connectivity index (χ2v) is 9.94. The van der Waals surface area contributed by atoms with Crippen molar-refractivity contribution in [2.24, 2.45) is 0 Å². The van der Waals surface area contributed by atoms with Crippen LogP contribution in [0.15, 0.2) is 11.1 Å². The Morgan fingerprint density at radius 3 is 2.46 bits per heavy atom. The predicted octanol–water partition coefficient (Wildman–Crippen LogP) is 2.96. The first-order valence-electron chi connectivity index (χ1n) is 9.64. The number of fused-ring (bicyclic) bond motifs is 3. The highest BCUT2D eigenvalue weighted by molar-refractivity contribution is 7.90. The number of carbonyl (C=O) groups excluding carboxylic acids is 1. The van der Waals surface area contributed by atoms with Crippen molar-refractivity contribution in [3.8, 4) is 5.75 Å². The topological polar surface area (TPSA) is 97.4 Å². The zero-order chi connectivity index (χ0) is 19.3. The number of rotatable bonds is 3. The third-order valence-electron chi connectivity index (χ3n) is 5.67. The van der Waals surface area contributed by atoms with Gasteiger partial charge in [0.05, 0.1) is 11.5 Å². The second kappa shape index (κ2) is 6.73. The third kappa shape index (κ3) is 2.97. The van der Waals surface area contributed by atoms with Gasteiger partial charge < -0.3 is 10.1 Å². The molecule has 1 aliphatic heterocycles. The van der Waals surface area contributed by atoms with Crippen LogP contribution in [-0.2, 0) is 42.1 Å². The lowest BCUT2D eigenvalue weighted by Crippen LogP contribution is -2.35. The molecule has 2 amide bonds. The monoisotopic (exact) mass is 419 g/mol. The molecule has 0 bridgehead atoms. The SMILES string of the molecule is O=C(Nc1c2c(cc3c1CCC3)CCC2)NS(=O)(=O)c1nsc2c1OCCC2. The van der Waals surface area contributed by atoms with Gasteiger partial charge in [-0.25, -0.2) is 9.52 Å². The van der Waals surface area contributed by atoms with Gasteiger partial charge in [0, 0.05) is 5.69 Å². The Kier molecular flexibility index (Phi) is 4.31. The number of benzene rings is 1. The van der Waals surface area contributed by atoms with Gasteiger partial charge in [-0.3, -0.25) is 0 Å². The van der Waals surface area contributed by atoms with Crippen LogP contribution in [0.2, 0.25) is 0 Å². The molecule has 28 heavy (non-hydrogen) atoms. The van der Waals surface area contributed by atoms with Crippen molar-refractivity contribution in [2.75, 3.05) is 11.9 Å². The third-order valence-corrected chi connectivity index (χ3v) is 7.91. The van der Waals surface area contributed by atoms with Gasteiger partial charge in [0.15, 0.2) is 5.75 Å². The fourth-order valence-electron chi connectivity index (χ4n) is 4.45. The number of carbonyl (C=O) groups is 1. The zero-order valence-corrected chi connectivity index (χ0v) is 17.0. The Morgan fingerprint density at radius 1 is 1.04 bits per heavy atom. The highest BCUT2D eigenvalue weighted by Gasteiger charge is 2.31. The molecule has 1 aromatic carbocycles. The molecule has 0 saturated carbocycles. The summed E-state index contributed by atoms with van der Waals surface area (Å²) in [6, 6.07) is 1.52. The molecule has 148 valence electrons. The molecular weight excluding hydrogens is 398 g/mol. The molecular formula is C19H21N3O4S2. The maximum atomic E-state index is 12.7. The summed E-state index contributed by atoms with van der Waals surface area (Å²) in [5.74, 6) is 0.290. The number of ether oxygens (including phenoxy) is 1. The molecule has 2 heterocycles. The van der Waals surface area contributed by atoms with E-state index in [1.165, 1.54) is 11.1 Å². The lowest BCUT2D eigenvalue weighted by molar-refractivity contribution is 0.256. The maximum absolute atomic E-state index is 12.7. The number of aromatic nitrogens is 1. The molecule has 0 atom stereocenters. The average molecular weight is 420 g/mol. The van der Waals surface area contributed by atoms with Gasteiger partial charge in [-0.15, -0.1) is 0 Å². The van der Waals surface area contributed by atoms with Gasteiger partial charge in [-0.2, -0.15) is 12.8 Å². The fourth-order valence-corrected chi connectivity index (χ4v) is 6.59. The van der Waals surface area contributed by atoms with Gasteiger partial charge in [0.25, 0.3) is 10.0 Å². The average Bonchev–Trinajstić information content (AvgIpc) is 3.39. The van der Waals surface area contributed by atoms with Crippen molar-refractivity contribution in [2.45, 2.75) is 56.4 Å². The summed E-state index contributed by atoms with van der Waals surface area (Å²) in [6.45, 7) is 0.461. The summed E-state index contributed by atoms with van der Waals surface area (Å²) in [4.78, 5) is 13.4.